The van der Waals surface area contributed by atoms with Gasteiger partial charge in [-0.3, -0.25) is 20.2 Å². The minimum atomic E-state index is -0.806. The zero-order chi connectivity index (χ0) is 27.6. The summed E-state index contributed by atoms with van der Waals surface area (Å²) in [6.07, 6.45) is 0. The standard InChI is InChI=1S/C24H14BrN7O6/c1-37-21-8-5-13(9-22(21)38-20-4-2-3-17(25)15(20)11-26)23-16(12-27)24(28)30(29-23)18-7-6-14(31(33)34)10-19(18)32(35)36/h2-10H,28H2,1H3. The van der Waals surface area contributed by atoms with Crippen molar-refractivity contribution >= 4 is 33.1 Å². The predicted octanol–water partition coefficient (Wildman–Crippen LogP) is 5.24. The number of halogens is 1. The summed E-state index contributed by atoms with van der Waals surface area (Å²) in [7, 11) is 1.43. The molecule has 0 unspecified atom stereocenters. The number of hydrogen-bond donors (Lipinski definition) is 1. The van der Waals surface area contributed by atoms with Crippen molar-refractivity contribution in [2.75, 3.05) is 12.8 Å². The third-order valence-corrected chi connectivity index (χ3v) is 6.03. The minimum Gasteiger partial charge on any atom is -0.493 e. The molecule has 38 heavy (non-hydrogen) atoms. The van der Waals surface area contributed by atoms with Crippen LogP contribution in [0.4, 0.5) is 17.2 Å². The lowest BCUT2D eigenvalue weighted by Gasteiger charge is -2.13. The van der Waals surface area contributed by atoms with Gasteiger partial charge < -0.3 is 15.2 Å². The van der Waals surface area contributed by atoms with Crippen molar-refractivity contribution in [3.05, 3.63) is 90.4 Å². The molecular weight excluding hydrogens is 562 g/mol. The van der Waals surface area contributed by atoms with E-state index in [0.717, 1.165) is 22.9 Å². The van der Waals surface area contributed by atoms with Crippen LogP contribution in [0.5, 0.6) is 17.2 Å². The number of nitro groups is 2. The number of nitrogens with two attached hydrogens (primary N) is 1. The smallest absolute Gasteiger partial charge is 0.301 e. The van der Waals surface area contributed by atoms with Crippen molar-refractivity contribution in [3.8, 4) is 46.3 Å². The first-order chi connectivity index (χ1) is 18.2. The lowest BCUT2D eigenvalue weighted by atomic mass is 10.1. The van der Waals surface area contributed by atoms with E-state index in [2.05, 4.69) is 27.1 Å². The lowest BCUT2D eigenvalue weighted by Crippen LogP contribution is -2.06. The highest BCUT2D eigenvalue weighted by Crippen LogP contribution is 2.40. The van der Waals surface area contributed by atoms with Crippen LogP contribution in [-0.4, -0.2) is 26.7 Å². The van der Waals surface area contributed by atoms with Crippen LogP contribution in [-0.2, 0) is 0 Å². The molecule has 1 heterocycles. The highest BCUT2D eigenvalue weighted by Gasteiger charge is 2.26. The van der Waals surface area contributed by atoms with Crippen molar-refractivity contribution in [1.82, 2.24) is 9.78 Å². The van der Waals surface area contributed by atoms with Crippen molar-refractivity contribution < 1.29 is 19.3 Å². The fraction of sp³-hybridized carbons (Fsp3) is 0.0417. The third-order valence-electron chi connectivity index (χ3n) is 5.37. The van der Waals surface area contributed by atoms with E-state index in [1.165, 1.54) is 13.2 Å². The van der Waals surface area contributed by atoms with Crippen LogP contribution in [0.3, 0.4) is 0 Å². The molecule has 0 amide bonds. The highest BCUT2D eigenvalue weighted by atomic mass is 79.9. The van der Waals surface area contributed by atoms with Gasteiger partial charge in [-0.25, -0.2) is 4.68 Å². The molecule has 0 radical (unpaired) electrons. The monoisotopic (exact) mass is 575 g/mol. The van der Waals surface area contributed by atoms with Gasteiger partial charge in [0.2, 0.25) is 0 Å². The zero-order valence-corrected chi connectivity index (χ0v) is 20.9. The van der Waals surface area contributed by atoms with Crippen LogP contribution < -0.4 is 15.2 Å². The Morgan fingerprint density at radius 1 is 0.974 bits per heavy atom. The number of methoxy groups -OCH3 is 1. The number of rotatable bonds is 7. The van der Waals surface area contributed by atoms with E-state index in [1.54, 1.807) is 30.3 Å². The third kappa shape index (κ3) is 4.55. The molecule has 14 heteroatoms. The van der Waals surface area contributed by atoms with E-state index >= 15 is 0 Å². The molecule has 13 nitrogen and oxygen atoms in total. The maximum absolute atomic E-state index is 11.7. The molecule has 0 saturated carbocycles. The van der Waals surface area contributed by atoms with Crippen LogP contribution in [0.2, 0.25) is 0 Å². The van der Waals surface area contributed by atoms with Gasteiger partial charge in [-0.2, -0.15) is 15.6 Å². The number of nitro benzene ring substituents is 2. The first kappa shape index (κ1) is 25.6. The molecule has 0 fully saturated rings. The first-order valence-electron chi connectivity index (χ1n) is 10.5. The number of ether oxygens (including phenoxy) is 2. The summed E-state index contributed by atoms with van der Waals surface area (Å²) in [6.45, 7) is 0. The van der Waals surface area contributed by atoms with Gasteiger partial charge in [0, 0.05) is 16.1 Å². The molecule has 0 aliphatic carbocycles. The van der Waals surface area contributed by atoms with E-state index < -0.39 is 21.2 Å². The summed E-state index contributed by atoms with van der Waals surface area (Å²) in [5, 5.41) is 46.4. The Bertz CT molecular complexity index is 1700. The molecule has 0 aliphatic heterocycles. The Kier molecular flexibility index (Phi) is 6.91. The van der Waals surface area contributed by atoms with Gasteiger partial charge in [0.05, 0.1) is 23.0 Å². The largest absolute Gasteiger partial charge is 0.493 e. The topological polar surface area (TPSA) is 196 Å². The Morgan fingerprint density at radius 3 is 2.34 bits per heavy atom. The van der Waals surface area contributed by atoms with Crippen LogP contribution in [0.15, 0.2) is 59.1 Å². The number of nitriles is 2. The van der Waals surface area contributed by atoms with Gasteiger partial charge in [0.25, 0.3) is 5.69 Å². The second kappa shape index (κ2) is 10.3. The summed E-state index contributed by atoms with van der Waals surface area (Å²) in [4.78, 5) is 21.2. The van der Waals surface area contributed by atoms with Crippen LogP contribution >= 0.6 is 15.9 Å². The fourth-order valence-corrected chi connectivity index (χ4v) is 4.03. The average Bonchev–Trinajstić information content (AvgIpc) is 3.24. The number of benzene rings is 3. The molecular formula is C24H14BrN7O6. The van der Waals surface area contributed by atoms with Gasteiger partial charge in [-0.1, -0.05) is 6.07 Å². The maximum atomic E-state index is 11.7. The summed E-state index contributed by atoms with van der Waals surface area (Å²) in [5.41, 5.74) is 5.44. The number of non-ortho nitro benzene ring substituents is 1. The molecule has 4 aromatic rings. The number of nitrogens with zero attached hydrogens (tertiary/aromatic N) is 6. The van der Waals surface area contributed by atoms with Gasteiger partial charge in [0.15, 0.2) is 11.5 Å². The molecule has 0 aliphatic rings. The molecule has 188 valence electrons. The molecule has 0 atom stereocenters. The van der Waals surface area contributed by atoms with Gasteiger partial charge >= 0.3 is 5.69 Å². The number of aromatic nitrogens is 2. The normalized spacial score (nSPS) is 10.3. The minimum absolute atomic E-state index is 0.0694. The number of hydrogen-bond acceptors (Lipinski definition) is 10. The molecule has 4 rings (SSSR count). The number of nitrogen functional groups attached to an aromatic ring is 1. The Morgan fingerprint density at radius 2 is 1.71 bits per heavy atom. The van der Waals surface area contributed by atoms with Gasteiger partial charge in [-0.05, 0) is 52.3 Å². The second-order valence-corrected chi connectivity index (χ2v) is 8.37. The van der Waals surface area contributed by atoms with Crippen molar-refractivity contribution in [3.63, 3.8) is 0 Å². The molecule has 0 bridgehead atoms. The summed E-state index contributed by atoms with van der Waals surface area (Å²) in [5.74, 6) is 0.535. The number of anilines is 1. The Labute approximate surface area is 222 Å². The highest BCUT2D eigenvalue weighted by molar-refractivity contribution is 9.10. The molecule has 2 N–H and O–H groups in total. The van der Waals surface area contributed by atoms with E-state index in [-0.39, 0.29) is 39.8 Å². The van der Waals surface area contributed by atoms with E-state index in [1.807, 2.05) is 6.07 Å². The van der Waals surface area contributed by atoms with E-state index in [0.29, 0.717) is 15.8 Å². The lowest BCUT2D eigenvalue weighted by molar-refractivity contribution is -0.394. The fourth-order valence-electron chi connectivity index (χ4n) is 3.60. The quantitative estimate of drug-likeness (QED) is 0.224. The van der Waals surface area contributed by atoms with Crippen molar-refractivity contribution in [1.29, 1.82) is 10.5 Å². The summed E-state index contributed by atoms with van der Waals surface area (Å²) < 4.78 is 12.8. The predicted molar refractivity (Wildman–Crippen MR) is 137 cm³/mol. The van der Waals surface area contributed by atoms with Crippen LogP contribution in [0, 0.1) is 42.9 Å². The maximum Gasteiger partial charge on any atom is 0.301 e. The van der Waals surface area contributed by atoms with E-state index in [9.17, 15) is 30.8 Å². The Balaban J connectivity index is 1.87. The molecule has 1 aromatic heterocycles. The van der Waals surface area contributed by atoms with Gasteiger partial charge in [0.1, 0.15) is 46.2 Å². The van der Waals surface area contributed by atoms with E-state index in [4.69, 9.17) is 15.2 Å². The summed E-state index contributed by atoms with van der Waals surface area (Å²) >= 11 is 3.31. The second-order valence-electron chi connectivity index (χ2n) is 7.51. The Hall–Kier alpha value is -5.47. The summed E-state index contributed by atoms with van der Waals surface area (Å²) in [6, 6.07) is 16.6. The molecule has 0 saturated heterocycles. The average molecular weight is 576 g/mol. The van der Waals surface area contributed by atoms with Gasteiger partial charge in [-0.15, -0.1) is 0 Å². The van der Waals surface area contributed by atoms with Crippen LogP contribution in [0.25, 0.3) is 16.9 Å². The first-order valence-corrected chi connectivity index (χ1v) is 11.3. The van der Waals surface area contributed by atoms with Crippen molar-refractivity contribution in [2.45, 2.75) is 0 Å². The SMILES string of the molecule is COc1ccc(-c2nn(-c3ccc([N+](=O)[O-])cc3[N+](=O)[O-])c(N)c2C#N)cc1Oc1cccc(Br)c1C#N. The molecule has 0 spiro atoms. The molecule has 3 aromatic carbocycles. The van der Waals surface area contributed by atoms with Crippen molar-refractivity contribution in [2.24, 2.45) is 0 Å². The van der Waals surface area contributed by atoms with Crippen LogP contribution in [0.1, 0.15) is 11.1 Å². The zero-order valence-electron chi connectivity index (χ0n) is 19.3.